The van der Waals surface area contributed by atoms with E-state index in [1.807, 2.05) is 48.5 Å². The van der Waals surface area contributed by atoms with Gasteiger partial charge in [-0.15, -0.1) is 17.9 Å². The maximum absolute atomic E-state index is 12.0. The van der Waals surface area contributed by atoms with Crippen LogP contribution in [0.2, 0.25) is 0 Å². The minimum atomic E-state index is 0.0981. The summed E-state index contributed by atoms with van der Waals surface area (Å²) in [6.45, 7) is 3.69. The third kappa shape index (κ3) is 2.28. The zero-order valence-electron chi connectivity index (χ0n) is 8.85. The number of ketones is 1. The topological polar surface area (TPSA) is 17.1 Å². The first-order valence-corrected chi connectivity index (χ1v) is 5.92. The third-order valence-corrected chi connectivity index (χ3v) is 3.37. The minimum absolute atomic E-state index is 0.0981. The fourth-order valence-corrected chi connectivity index (χ4v) is 2.45. The Labute approximate surface area is 99.1 Å². The Hall–Kier alpha value is -1.67. The SMILES string of the molecule is C=CCc1ccc(C(=O)c2ccccc2)s1. The monoisotopic (exact) mass is 228 g/mol. The standard InChI is InChI=1S/C14H12OS/c1-2-6-12-9-10-13(16-12)14(15)11-7-4-3-5-8-11/h2-5,7-10H,1,6H2. The van der Waals surface area contributed by atoms with Crippen LogP contribution in [0.1, 0.15) is 20.1 Å². The summed E-state index contributed by atoms with van der Waals surface area (Å²) in [5, 5.41) is 0. The fraction of sp³-hybridized carbons (Fsp3) is 0.0714. The van der Waals surface area contributed by atoms with Gasteiger partial charge in [0.2, 0.25) is 5.78 Å². The Bertz CT molecular complexity index is 496. The van der Waals surface area contributed by atoms with E-state index in [1.165, 1.54) is 16.2 Å². The molecule has 0 unspecified atom stereocenters. The van der Waals surface area contributed by atoms with E-state index in [4.69, 9.17) is 0 Å². The Balaban J connectivity index is 2.24. The van der Waals surface area contributed by atoms with E-state index < -0.39 is 0 Å². The number of hydrogen-bond donors (Lipinski definition) is 0. The number of carbonyl (C=O) groups excluding carboxylic acids is 1. The molecular formula is C14H12OS. The normalized spacial score (nSPS) is 10.0. The lowest BCUT2D eigenvalue weighted by atomic mass is 10.1. The number of allylic oxidation sites excluding steroid dienone is 1. The van der Waals surface area contributed by atoms with Gasteiger partial charge < -0.3 is 0 Å². The van der Waals surface area contributed by atoms with E-state index in [-0.39, 0.29) is 5.78 Å². The van der Waals surface area contributed by atoms with Crippen LogP contribution in [0, 0.1) is 0 Å². The summed E-state index contributed by atoms with van der Waals surface area (Å²) in [5.41, 5.74) is 0.745. The second-order valence-electron chi connectivity index (χ2n) is 3.45. The van der Waals surface area contributed by atoms with E-state index in [2.05, 4.69) is 6.58 Å². The van der Waals surface area contributed by atoms with E-state index in [0.717, 1.165) is 16.9 Å². The molecule has 1 heterocycles. The van der Waals surface area contributed by atoms with Gasteiger partial charge in [0.05, 0.1) is 4.88 Å². The van der Waals surface area contributed by atoms with Crippen molar-refractivity contribution in [2.75, 3.05) is 0 Å². The fourth-order valence-electron chi connectivity index (χ4n) is 1.48. The average molecular weight is 228 g/mol. The smallest absolute Gasteiger partial charge is 0.202 e. The molecule has 16 heavy (non-hydrogen) atoms. The molecular weight excluding hydrogens is 216 g/mol. The molecule has 0 atom stereocenters. The summed E-state index contributed by atoms with van der Waals surface area (Å²) >= 11 is 1.54. The van der Waals surface area contributed by atoms with Gasteiger partial charge in [0.15, 0.2) is 0 Å². The van der Waals surface area contributed by atoms with Crippen molar-refractivity contribution >= 4 is 17.1 Å². The van der Waals surface area contributed by atoms with E-state index >= 15 is 0 Å². The minimum Gasteiger partial charge on any atom is -0.288 e. The van der Waals surface area contributed by atoms with Gasteiger partial charge in [-0.1, -0.05) is 36.4 Å². The van der Waals surface area contributed by atoms with Gasteiger partial charge in [-0.05, 0) is 18.6 Å². The summed E-state index contributed by atoms with van der Waals surface area (Å²) < 4.78 is 0. The highest BCUT2D eigenvalue weighted by Crippen LogP contribution is 2.20. The molecule has 0 radical (unpaired) electrons. The molecule has 0 aliphatic carbocycles. The van der Waals surface area contributed by atoms with Crippen LogP contribution < -0.4 is 0 Å². The van der Waals surface area contributed by atoms with Crippen LogP contribution in [0.3, 0.4) is 0 Å². The first-order valence-electron chi connectivity index (χ1n) is 5.10. The first-order chi connectivity index (χ1) is 7.81. The first kappa shape index (κ1) is 10.8. The zero-order chi connectivity index (χ0) is 11.4. The van der Waals surface area contributed by atoms with Gasteiger partial charge >= 0.3 is 0 Å². The van der Waals surface area contributed by atoms with Crippen molar-refractivity contribution in [3.8, 4) is 0 Å². The number of hydrogen-bond acceptors (Lipinski definition) is 2. The Morgan fingerprint density at radius 1 is 1.19 bits per heavy atom. The second kappa shape index (κ2) is 4.90. The number of thiophene rings is 1. The van der Waals surface area contributed by atoms with Crippen LogP contribution >= 0.6 is 11.3 Å². The lowest BCUT2D eigenvalue weighted by molar-refractivity contribution is 0.104. The van der Waals surface area contributed by atoms with Gasteiger partial charge in [-0.2, -0.15) is 0 Å². The quantitative estimate of drug-likeness (QED) is 0.576. The van der Waals surface area contributed by atoms with Crippen LogP contribution in [0.15, 0.2) is 55.1 Å². The maximum Gasteiger partial charge on any atom is 0.202 e. The molecule has 2 rings (SSSR count). The number of carbonyl (C=O) groups is 1. The molecule has 2 heteroatoms. The van der Waals surface area contributed by atoms with Gasteiger partial charge in [-0.3, -0.25) is 4.79 Å². The van der Waals surface area contributed by atoms with Gasteiger partial charge in [0, 0.05) is 10.4 Å². The summed E-state index contributed by atoms with van der Waals surface area (Å²) in [6, 6.07) is 13.2. The van der Waals surface area contributed by atoms with E-state index in [1.54, 1.807) is 0 Å². The average Bonchev–Trinajstić information content (AvgIpc) is 2.78. The number of benzene rings is 1. The molecule has 0 saturated carbocycles. The molecule has 2 aromatic rings. The van der Waals surface area contributed by atoms with Crippen LogP contribution in [0.4, 0.5) is 0 Å². The van der Waals surface area contributed by atoms with Crippen molar-refractivity contribution in [1.82, 2.24) is 0 Å². The van der Waals surface area contributed by atoms with Gasteiger partial charge in [-0.25, -0.2) is 0 Å². The van der Waals surface area contributed by atoms with Crippen molar-refractivity contribution in [3.63, 3.8) is 0 Å². The molecule has 0 spiro atoms. The van der Waals surface area contributed by atoms with Crippen LogP contribution in [0.25, 0.3) is 0 Å². The lowest BCUT2D eigenvalue weighted by Gasteiger charge is -1.96. The summed E-state index contributed by atoms with van der Waals surface area (Å²) in [4.78, 5) is 14.0. The predicted molar refractivity (Wildman–Crippen MR) is 68.1 cm³/mol. The van der Waals surface area contributed by atoms with Crippen molar-refractivity contribution in [2.45, 2.75) is 6.42 Å². The Morgan fingerprint density at radius 3 is 2.62 bits per heavy atom. The molecule has 0 N–H and O–H groups in total. The molecule has 0 aliphatic rings. The molecule has 80 valence electrons. The summed E-state index contributed by atoms with van der Waals surface area (Å²) in [7, 11) is 0. The molecule has 0 amide bonds. The predicted octanol–water partition coefficient (Wildman–Crippen LogP) is 3.71. The number of rotatable bonds is 4. The second-order valence-corrected chi connectivity index (χ2v) is 4.62. The van der Waals surface area contributed by atoms with E-state index in [9.17, 15) is 4.79 Å². The van der Waals surface area contributed by atoms with E-state index in [0.29, 0.717) is 0 Å². The van der Waals surface area contributed by atoms with Crippen molar-refractivity contribution < 1.29 is 4.79 Å². The summed E-state index contributed by atoms with van der Waals surface area (Å²) in [6.07, 6.45) is 2.68. The third-order valence-electron chi connectivity index (χ3n) is 2.27. The highest BCUT2D eigenvalue weighted by atomic mass is 32.1. The zero-order valence-corrected chi connectivity index (χ0v) is 9.67. The van der Waals surface area contributed by atoms with Crippen molar-refractivity contribution in [3.05, 3.63) is 70.4 Å². The lowest BCUT2D eigenvalue weighted by Crippen LogP contribution is -1.97. The van der Waals surface area contributed by atoms with Crippen LogP contribution in [0.5, 0.6) is 0 Å². The largest absolute Gasteiger partial charge is 0.288 e. The molecule has 0 bridgehead atoms. The molecule has 0 saturated heterocycles. The Kier molecular flexibility index (Phi) is 3.32. The molecule has 1 nitrogen and oxygen atoms in total. The molecule has 1 aromatic carbocycles. The van der Waals surface area contributed by atoms with Crippen LogP contribution in [-0.4, -0.2) is 5.78 Å². The highest BCUT2D eigenvalue weighted by Gasteiger charge is 2.10. The molecule has 0 fully saturated rings. The molecule has 1 aromatic heterocycles. The van der Waals surface area contributed by atoms with Gasteiger partial charge in [0.25, 0.3) is 0 Å². The summed E-state index contributed by atoms with van der Waals surface area (Å²) in [5.74, 6) is 0.0981. The van der Waals surface area contributed by atoms with Crippen molar-refractivity contribution in [2.24, 2.45) is 0 Å². The maximum atomic E-state index is 12.0. The molecule has 0 aliphatic heterocycles. The highest BCUT2D eigenvalue weighted by molar-refractivity contribution is 7.14. The van der Waals surface area contributed by atoms with Gasteiger partial charge in [0.1, 0.15) is 0 Å². The van der Waals surface area contributed by atoms with Crippen molar-refractivity contribution in [1.29, 1.82) is 0 Å². The van der Waals surface area contributed by atoms with Crippen LogP contribution in [-0.2, 0) is 6.42 Å². The Morgan fingerprint density at radius 2 is 1.94 bits per heavy atom.